The van der Waals surface area contributed by atoms with Gasteiger partial charge in [-0.2, -0.15) is 9.97 Å². The summed E-state index contributed by atoms with van der Waals surface area (Å²) >= 11 is 0. The third-order valence-corrected chi connectivity index (χ3v) is 4.00. The van der Waals surface area contributed by atoms with E-state index in [0.29, 0.717) is 18.3 Å². The summed E-state index contributed by atoms with van der Waals surface area (Å²) in [5.41, 5.74) is 0. The van der Waals surface area contributed by atoms with Gasteiger partial charge in [-0.25, -0.2) is 0 Å². The van der Waals surface area contributed by atoms with E-state index >= 15 is 0 Å². The Morgan fingerprint density at radius 1 is 1.25 bits per heavy atom. The fourth-order valence-corrected chi connectivity index (χ4v) is 2.98. The number of aliphatic hydroxyl groups is 1. The van der Waals surface area contributed by atoms with Crippen molar-refractivity contribution in [2.75, 3.05) is 32.8 Å². The highest BCUT2D eigenvalue weighted by Gasteiger charge is 2.51. The Kier molecular flexibility index (Phi) is 4.77. The molecule has 1 aromatic heterocycles. The lowest BCUT2D eigenvalue weighted by Crippen LogP contribution is -2.55. The van der Waals surface area contributed by atoms with Crippen molar-refractivity contribution in [3.05, 3.63) is 6.07 Å². The van der Waals surface area contributed by atoms with Crippen molar-refractivity contribution in [2.24, 2.45) is 0 Å². The second-order valence-corrected chi connectivity index (χ2v) is 6.15. The molecule has 2 fully saturated rings. The summed E-state index contributed by atoms with van der Waals surface area (Å²) in [6, 6.07) is 1.66. The summed E-state index contributed by atoms with van der Waals surface area (Å²) in [5, 5.41) is 12.7. The molecule has 2 saturated heterocycles. The lowest BCUT2D eigenvalue weighted by molar-refractivity contribution is -0.157. The molecule has 4 atom stereocenters. The summed E-state index contributed by atoms with van der Waals surface area (Å²) < 4.78 is 27.8. The summed E-state index contributed by atoms with van der Waals surface area (Å²) in [7, 11) is 3.01. The van der Waals surface area contributed by atoms with Crippen molar-refractivity contribution in [3.63, 3.8) is 0 Å². The number of hydrogen-bond donors (Lipinski definition) is 2. The molecule has 0 amide bonds. The maximum atomic E-state index is 9.49. The number of rotatable bonds is 5. The molecule has 134 valence electrons. The van der Waals surface area contributed by atoms with E-state index in [0.717, 1.165) is 0 Å². The Morgan fingerprint density at radius 2 is 2.00 bits per heavy atom. The predicted molar refractivity (Wildman–Crippen MR) is 83.2 cm³/mol. The standard InChI is InChI=1S/C15H23N3O6/c1-15(2)23-12-8(7-22-9(6-19)13(12)24-15)16-10-5-11(20-3)18-14(17-10)21-4/h5,8-9,12-13,19H,6-7H2,1-4H3,(H,16,17,18)/t8-,9-,12-,13+/m1/s1. The van der Waals surface area contributed by atoms with Gasteiger partial charge in [-0.15, -0.1) is 0 Å². The zero-order chi connectivity index (χ0) is 17.3. The average Bonchev–Trinajstić information content (AvgIpc) is 2.90. The normalized spacial score (nSPS) is 31.4. The number of aliphatic hydroxyl groups excluding tert-OH is 1. The number of fused-ring (bicyclic) bond motifs is 1. The van der Waals surface area contributed by atoms with Crippen LogP contribution in [0.2, 0.25) is 0 Å². The number of methoxy groups -OCH3 is 2. The highest BCUT2D eigenvalue weighted by molar-refractivity contribution is 5.41. The first-order valence-electron chi connectivity index (χ1n) is 7.77. The van der Waals surface area contributed by atoms with Crippen LogP contribution in [0, 0.1) is 0 Å². The molecule has 2 N–H and O–H groups in total. The van der Waals surface area contributed by atoms with Crippen molar-refractivity contribution < 1.29 is 28.8 Å². The molecule has 0 saturated carbocycles. The molecule has 0 aliphatic carbocycles. The van der Waals surface area contributed by atoms with Crippen LogP contribution in [0.15, 0.2) is 6.07 Å². The minimum absolute atomic E-state index is 0.123. The fraction of sp³-hybridized carbons (Fsp3) is 0.733. The second kappa shape index (κ2) is 6.67. The van der Waals surface area contributed by atoms with Gasteiger partial charge in [0.2, 0.25) is 5.88 Å². The first kappa shape index (κ1) is 17.2. The Hall–Kier alpha value is -1.68. The molecule has 24 heavy (non-hydrogen) atoms. The minimum Gasteiger partial charge on any atom is -0.481 e. The molecule has 2 aliphatic rings. The molecule has 2 aliphatic heterocycles. The maximum Gasteiger partial charge on any atom is 0.321 e. The van der Waals surface area contributed by atoms with Crippen LogP contribution in [0.4, 0.5) is 5.82 Å². The molecular weight excluding hydrogens is 318 g/mol. The number of hydrogen-bond acceptors (Lipinski definition) is 9. The number of nitrogens with one attached hydrogen (secondary N) is 1. The Balaban J connectivity index is 1.80. The van der Waals surface area contributed by atoms with Gasteiger partial charge in [0, 0.05) is 6.07 Å². The van der Waals surface area contributed by atoms with E-state index in [-0.39, 0.29) is 30.9 Å². The smallest absolute Gasteiger partial charge is 0.321 e. The number of aromatic nitrogens is 2. The van der Waals surface area contributed by atoms with Gasteiger partial charge in [0.15, 0.2) is 5.79 Å². The summed E-state index contributed by atoms with van der Waals surface area (Å²) in [5.74, 6) is 0.175. The van der Waals surface area contributed by atoms with Crippen LogP contribution in [0.5, 0.6) is 11.9 Å². The molecule has 0 aromatic carbocycles. The first-order valence-corrected chi connectivity index (χ1v) is 7.77. The monoisotopic (exact) mass is 341 g/mol. The molecule has 0 spiro atoms. The highest BCUT2D eigenvalue weighted by atomic mass is 16.8. The molecule has 0 unspecified atom stereocenters. The van der Waals surface area contributed by atoms with Crippen LogP contribution in [-0.2, 0) is 14.2 Å². The van der Waals surface area contributed by atoms with Gasteiger partial charge in [0.05, 0.1) is 33.5 Å². The number of nitrogens with zero attached hydrogens (tertiary/aromatic N) is 2. The zero-order valence-electron chi connectivity index (χ0n) is 14.2. The van der Waals surface area contributed by atoms with Gasteiger partial charge in [0.1, 0.15) is 24.1 Å². The average molecular weight is 341 g/mol. The molecule has 1 aromatic rings. The summed E-state index contributed by atoms with van der Waals surface area (Å²) in [4.78, 5) is 8.32. The summed E-state index contributed by atoms with van der Waals surface area (Å²) in [6.07, 6.45) is -1.05. The third kappa shape index (κ3) is 3.39. The SMILES string of the molecule is COc1cc(N[C@@H]2CO[C@H](CO)[C@@H]3OC(C)(C)O[C@@H]32)nc(OC)n1. The molecule has 0 bridgehead atoms. The highest BCUT2D eigenvalue weighted by Crippen LogP contribution is 2.36. The van der Waals surface area contributed by atoms with Gasteiger partial charge < -0.3 is 34.1 Å². The van der Waals surface area contributed by atoms with E-state index in [1.54, 1.807) is 6.07 Å². The molecular formula is C15H23N3O6. The van der Waals surface area contributed by atoms with Crippen molar-refractivity contribution in [3.8, 4) is 11.9 Å². The number of ether oxygens (including phenoxy) is 5. The molecule has 0 radical (unpaired) electrons. The first-order chi connectivity index (χ1) is 11.5. The van der Waals surface area contributed by atoms with E-state index in [1.807, 2.05) is 13.8 Å². The van der Waals surface area contributed by atoms with Crippen LogP contribution in [0.25, 0.3) is 0 Å². The van der Waals surface area contributed by atoms with E-state index in [4.69, 9.17) is 23.7 Å². The molecule has 3 heterocycles. The van der Waals surface area contributed by atoms with Crippen LogP contribution in [-0.4, -0.2) is 72.6 Å². The topological polar surface area (TPSA) is 104 Å². The van der Waals surface area contributed by atoms with Crippen LogP contribution >= 0.6 is 0 Å². The largest absolute Gasteiger partial charge is 0.481 e. The molecule has 9 nitrogen and oxygen atoms in total. The lowest BCUT2D eigenvalue weighted by Gasteiger charge is -2.36. The summed E-state index contributed by atoms with van der Waals surface area (Å²) in [6.45, 7) is 3.91. The molecule has 9 heteroatoms. The van der Waals surface area contributed by atoms with Crippen molar-refractivity contribution >= 4 is 5.82 Å². The van der Waals surface area contributed by atoms with Gasteiger partial charge in [-0.05, 0) is 13.8 Å². The van der Waals surface area contributed by atoms with Crippen LogP contribution in [0.3, 0.4) is 0 Å². The van der Waals surface area contributed by atoms with E-state index in [2.05, 4.69) is 15.3 Å². The Labute approximate surface area is 140 Å². The van der Waals surface area contributed by atoms with Crippen molar-refractivity contribution in [1.29, 1.82) is 0 Å². The van der Waals surface area contributed by atoms with E-state index < -0.39 is 11.9 Å². The second-order valence-electron chi connectivity index (χ2n) is 6.15. The quantitative estimate of drug-likeness (QED) is 0.776. The Bertz CT molecular complexity index is 562. The fourth-order valence-electron chi connectivity index (χ4n) is 2.98. The van der Waals surface area contributed by atoms with E-state index in [1.165, 1.54) is 14.2 Å². The van der Waals surface area contributed by atoms with Crippen LogP contribution in [0.1, 0.15) is 13.8 Å². The minimum atomic E-state index is -0.739. The van der Waals surface area contributed by atoms with Crippen molar-refractivity contribution in [1.82, 2.24) is 9.97 Å². The van der Waals surface area contributed by atoms with Gasteiger partial charge in [-0.3, -0.25) is 0 Å². The predicted octanol–water partition coefficient (Wildman–Crippen LogP) is 0.185. The van der Waals surface area contributed by atoms with Crippen molar-refractivity contribution in [2.45, 2.75) is 44.0 Å². The van der Waals surface area contributed by atoms with Gasteiger partial charge >= 0.3 is 6.01 Å². The van der Waals surface area contributed by atoms with E-state index in [9.17, 15) is 5.11 Å². The van der Waals surface area contributed by atoms with Gasteiger partial charge in [-0.1, -0.05) is 0 Å². The van der Waals surface area contributed by atoms with Gasteiger partial charge in [0.25, 0.3) is 0 Å². The Morgan fingerprint density at radius 3 is 2.67 bits per heavy atom. The third-order valence-electron chi connectivity index (χ3n) is 4.00. The molecule has 3 rings (SSSR count). The maximum absolute atomic E-state index is 9.49. The zero-order valence-corrected chi connectivity index (χ0v) is 14.2. The van der Waals surface area contributed by atoms with Crippen LogP contribution < -0.4 is 14.8 Å². The number of anilines is 1. The lowest BCUT2D eigenvalue weighted by atomic mass is 9.98.